The molecule has 0 saturated heterocycles. The summed E-state index contributed by atoms with van der Waals surface area (Å²) >= 11 is 0. The molecular formula is C21H34FN2O15P. The third-order valence-corrected chi connectivity index (χ3v) is 6.08. The number of carbonyl (C=O) groups is 2. The van der Waals surface area contributed by atoms with E-state index >= 15 is 0 Å². The zero-order chi connectivity index (χ0) is 30.7. The fourth-order valence-corrected chi connectivity index (χ4v) is 3.74. The number of nitrogens with zero attached hydrogens (tertiary/aromatic N) is 1. The molecule has 1 aromatic rings. The first-order chi connectivity index (χ1) is 18.5. The Labute approximate surface area is 227 Å². The Morgan fingerprint density at radius 2 is 1.52 bits per heavy atom. The van der Waals surface area contributed by atoms with Crippen LogP contribution in [0.1, 0.15) is 40.8 Å². The SMILES string of the molecule is CC(C)OC(=O)OCOP(=O)(OCOC(=O)OC(C)C)OC[C@H](CF)[C@@H](O)[C@@](C)(O)[C@@H](O)n1ccc(=O)[nH]c1=O. The lowest BCUT2D eigenvalue weighted by molar-refractivity contribution is -0.184. The molecular weight excluding hydrogens is 570 g/mol. The number of nitrogens with one attached hydrogen (secondary N) is 1. The number of hydrogen-bond donors (Lipinski definition) is 4. The lowest BCUT2D eigenvalue weighted by atomic mass is 9.87. The van der Waals surface area contributed by atoms with Crippen molar-refractivity contribution in [2.75, 3.05) is 26.9 Å². The van der Waals surface area contributed by atoms with Crippen LogP contribution in [0.25, 0.3) is 0 Å². The number of phosphoric acid groups is 1. The van der Waals surface area contributed by atoms with Gasteiger partial charge in [-0.2, -0.15) is 0 Å². The number of aliphatic hydroxyl groups excluding tert-OH is 2. The van der Waals surface area contributed by atoms with Gasteiger partial charge in [0.25, 0.3) is 5.56 Å². The van der Waals surface area contributed by atoms with E-state index in [4.69, 9.17) is 23.0 Å². The van der Waals surface area contributed by atoms with Crippen molar-refractivity contribution in [3.05, 3.63) is 33.1 Å². The molecule has 0 aliphatic carbocycles. The Hall–Kier alpha value is -2.86. The second-order valence-electron chi connectivity index (χ2n) is 8.83. The fourth-order valence-electron chi connectivity index (χ4n) is 2.78. The van der Waals surface area contributed by atoms with Gasteiger partial charge in [-0.3, -0.25) is 23.3 Å². The number of rotatable bonds is 16. The number of aromatic nitrogens is 2. The van der Waals surface area contributed by atoms with E-state index in [0.717, 1.165) is 19.2 Å². The number of phosphoric ester groups is 1. The second kappa shape index (κ2) is 15.8. The molecule has 0 unspecified atom stereocenters. The number of carbonyl (C=O) groups excluding carboxylic acids is 2. The molecule has 19 heteroatoms. The van der Waals surface area contributed by atoms with Crippen molar-refractivity contribution in [3.63, 3.8) is 0 Å². The van der Waals surface area contributed by atoms with Gasteiger partial charge in [-0.05, 0) is 34.6 Å². The number of H-pyrrole nitrogens is 1. The second-order valence-corrected chi connectivity index (χ2v) is 10.5. The Morgan fingerprint density at radius 1 is 1.02 bits per heavy atom. The van der Waals surface area contributed by atoms with E-state index in [1.54, 1.807) is 0 Å². The van der Waals surface area contributed by atoms with Crippen LogP contribution in [0.4, 0.5) is 14.0 Å². The van der Waals surface area contributed by atoms with Crippen LogP contribution >= 0.6 is 7.82 Å². The fraction of sp³-hybridized carbons (Fsp3) is 0.714. The van der Waals surface area contributed by atoms with Gasteiger partial charge in [0.15, 0.2) is 6.23 Å². The monoisotopic (exact) mass is 604 g/mol. The summed E-state index contributed by atoms with van der Waals surface area (Å²) < 4.78 is 60.5. The topological polar surface area (TPSA) is 231 Å². The quantitative estimate of drug-likeness (QED) is 0.117. The van der Waals surface area contributed by atoms with Gasteiger partial charge in [0.1, 0.15) is 5.60 Å². The molecule has 0 fully saturated rings. The molecule has 1 heterocycles. The van der Waals surface area contributed by atoms with Crippen LogP contribution in [0.15, 0.2) is 21.9 Å². The molecule has 17 nitrogen and oxygen atoms in total. The third kappa shape index (κ3) is 11.3. The maximum absolute atomic E-state index is 13.9. The van der Waals surface area contributed by atoms with Gasteiger partial charge in [-0.25, -0.2) is 28.0 Å². The molecule has 0 aliphatic rings. The highest BCUT2D eigenvalue weighted by Gasteiger charge is 2.45. The predicted octanol–water partition coefficient (Wildman–Crippen LogP) is 0.921. The smallest absolute Gasteiger partial charge is 0.432 e. The summed E-state index contributed by atoms with van der Waals surface area (Å²) in [5.74, 6) is -1.73. The van der Waals surface area contributed by atoms with Crippen molar-refractivity contribution < 1.29 is 66.4 Å². The summed E-state index contributed by atoms with van der Waals surface area (Å²) in [4.78, 5) is 48.1. The first-order valence-electron chi connectivity index (χ1n) is 11.7. The van der Waals surface area contributed by atoms with Gasteiger partial charge in [-0.1, -0.05) is 0 Å². The number of ether oxygens (including phenoxy) is 4. The minimum Gasteiger partial charge on any atom is -0.432 e. The highest BCUT2D eigenvalue weighted by molar-refractivity contribution is 7.48. The van der Waals surface area contributed by atoms with Crippen molar-refractivity contribution >= 4 is 20.1 Å². The van der Waals surface area contributed by atoms with Gasteiger partial charge in [0.05, 0.1) is 31.6 Å². The van der Waals surface area contributed by atoms with Crippen molar-refractivity contribution in [2.45, 2.75) is 64.8 Å². The normalized spacial score (nSPS) is 15.7. The maximum atomic E-state index is 13.9. The summed E-state index contributed by atoms with van der Waals surface area (Å²) in [6, 6.07) is 0.853. The van der Waals surface area contributed by atoms with Crippen LogP contribution in [-0.2, 0) is 37.1 Å². The largest absolute Gasteiger partial charge is 0.510 e. The lowest BCUT2D eigenvalue weighted by Crippen LogP contribution is -2.54. The Kier molecular flexibility index (Phi) is 13.9. The maximum Gasteiger partial charge on any atom is 0.510 e. The summed E-state index contributed by atoms with van der Waals surface area (Å²) in [5, 5.41) is 31.8. The zero-order valence-electron chi connectivity index (χ0n) is 22.4. The van der Waals surface area contributed by atoms with E-state index in [1.807, 2.05) is 4.98 Å². The summed E-state index contributed by atoms with van der Waals surface area (Å²) in [7, 11) is -4.84. The van der Waals surface area contributed by atoms with Gasteiger partial charge in [0.2, 0.25) is 13.6 Å². The van der Waals surface area contributed by atoms with Gasteiger partial charge < -0.3 is 34.3 Å². The molecule has 0 aliphatic heterocycles. The Morgan fingerprint density at radius 3 is 1.95 bits per heavy atom. The minimum absolute atomic E-state index is 0.471. The number of hydrogen-bond acceptors (Lipinski definition) is 15. The van der Waals surface area contributed by atoms with Crippen molar-refractivity contribution in [1.29, 1.82) is 0 Å². The number of alkyl halides is 1. The minimum atomic E-state index is -4.84. The molecule has 4 atom stereocenters. The van der Waals surface area contributed by atoms with Crippen LogP contribution in [0.2, 0.25) is 0 Å². The van der Waals surface area contributed by atoms with Crippen LogP contribution in [-0.4, -0.2) is 88.0 Å². The molecule has 1 aromatic heterocycles. The average Bonchev–Trinajstić information content (AvgIpc) is 2.83. The van der Waals surface area contributed by atoms with Crippen LogP contribution in [0, 0.1) is 5.92 Å². The zero-order valence-corrected chi connectivity index (χ0v) is 23.3. The molecule has 4 N–H and O–H groups in total. The molecule has 0 saturated carbocycles. The van der Waals surface area contributed by atoms with E-state index in [-0.39, 0.29) is 0 Å². The molecule has 0 radical (unpaired) electrons. The molecule has 0 bridgehead atoms. The standard InChI is InChI=1S/C21H34FN2O15P/c1-12(2)38-19(29)33-10-36-40(32,37-11-34-20(30)39-13(3)4)35-9-14(8-22)16(26)21(5,31)17(27)24-7-6-15(25)23-18(24)28/h6-7,12-14,16-17,26-27,31H,8-11H2,1-5H3,(H,23,25,28)/t14-,16+,17+,21+/m0/s1. The van der Waals surface area contributed by atoms with E-state index in [9.17, 15) is 43.5 Å². The van der Waals surface area contributed by atoms with E-state index in [0.29, 0.717) is 4.57 Å². The van der Waals surface area contributed by atoms with Gasteiger partial charge in [-0.15, -0.1) is 0 Å². The molecule has 40 heavy (non-hydrogen) atoms. The molecule has 1 rings (SSSR count). The number of aliphatic hydroxyl groups is 3. The van der Waals surface area contributed by atoms with Crippen molar-refractivity contribution in [1.82, 2.24) is 9.55 Å². The van der Waals surface area contributed by atoms with Gasteiger partial charge in [0, 0.05) is 18.2 Å². The van der Waals surface area contributed by atoms with Crippen LogP contribution in [0.5, 0.6) is 0 Å². The molecule has 0 aromatic carbocycles. The summed E-state index contributed by atoms with van der Waals surface area (Å²) in [6.45, 7) is 2.38. The predicted molar refractivity (Wildman–Crippen MR) is 130 cm³/mol. The Balaban J connectivity index is 2.99. The summed E-state index contributed by atoms with van der Waals surface area (Å²) in [5.41, 5.74) is -4.58. The number of halogens is 1. The van der Waals surface area contributed by atoms with E-state index < -0.39 is 94.3 Å². The Bertz CT molecular complexity index is 1090. The highest BCUT2D eigenvalue weighted by atomic mass is 31.2. The molecule has 0 spiro atoms. The van der Waals surface area contributed by atoms with E-state index in [1.165, 1.54) is 27.7 Å². The van der Waals surface area contributed by atoms with Gasteiger partial charge >= 0.3 is 25.8 Å². The van der Waals surface area contributed by atoms with E-state index in [2.05, 4.69) is 9.47 Å². The molecule has 230 valence electrons. The first kappa shape index (κ1) is 35.2. The molecule has 0 amide bonds. The first-order valence-corrected chi connectivity index (χ1v) is 13.1. The van der Waals surface area contributed by atoms with Crippen LogP contribution in [0.3, 0.4) is 0 Å². The average molecular weight is 604 g/mol. The van der Waals surface area contributed by atoms with Crippen molar-refractivity contribution in [3.8, 4) is 0 Å². The lowest BCUT2D eigenvalue weighted by Gasteiger charge is -2.37. The number of aromatic amines is 1. The van der Waals surface area contributed by atoms with Crippen LogP contribution < -0.4 is 11.2 Å². The third-order valence-electron chi connectivity index (χ3n) is 4.77. The van der Waals surface area contributed by atoms with Crippen molar-refractivity contribution in [2.24, 2.45) is 5.92 Å². The summed E-state index contributed by atoms with van der Waals surface area (Å²) in [6.07, 6.45) is -7.09. The highest BCUT2D eigenvalue weighted by Crippen LogP contribution is 2.50.